The van der Waals surface area contributed by atoms with Gasteiger partial charge in [-0.3, -0.25) is 14.4 Å². The van der Waals surface area contributed by atoms with Crippen LogP contribution >= 0.6 is 0 Å². The number of hydrogen-bond donors (Lipinski definition) is 4. The molecular weight excluding hydrogens is 656 g/mol. The highest BCUT2D eigenvalue weighted by molar-refractivity contribution is 5.97. The smallest absolute Gasteiger partial charge is 0.251 e. The number of nitrogens with two attached hydrogens (primary N) is 1. The van der Waals surface area contributed by atoms with E-state index in [-0.39, 0.29) is 37.0 Å². The van der Waals surface area contributed by atoms with E-state index in [1.165, 1.54) is 6.42 Å². The van der Waals surface area contributed by atoms with Crippen molar-refractivity contribution >= 4 is 17.5 Å². The molecule has 3 aliphatic carbocycles. The van der Waals surface area contributed by atoms with Crippen molar-refractivity contribution in [2.75, 3.05) is 53.3 Å². The molecule has 11 nitrogen and oxygen atoms in total. The van der Waals surface area contributed by atoms with Gasteiger partial charge in [0, 0.05) is 67.6 Å². The van der Waals surface area contributed by atoms with Crippen molar-refractivity contribution in [1.82, 2.24) is 20.6 Å². The maximum atomic E-state index is 14.3. The number of carbonyl (C=O) groups excluding carboxylic acids is 2. The number of anilines is 1. The lowest BCUT2D eigenvalue weighted by molar-refractivity contribution is -0.175. The van der Waals surface area contributed by atoms with E-state index < -0.39 is 24.2 Å². The minimum absolute atomic E-state index is 0.0316. The van der Waals surface area contributed by atoms with E-state index in [0.717, 1.165) is 48.2 Å². The molecule has 5 N–H and O–H groups in total. The number of fused-ring (bicyclic) bond motifs is 2. The van der Waals surface area contributed by atoms with Crippen LogP contribution in [0.15, 0.2) is 36.4 Å². The predicted molar refractivity (Wildman–Crippen MR) is 207 cm³/mol. The molecule has 9 atom stereocenters. The number of nitrogens with zero attached hydrogens (tertiary/aromatic N) is 3. The third-order valence-electron chi connectivity index (χ3n) is 12.3. The number of para-hydroxylation sites is 1. The first-order valence-corrected chi connectivity index (χ1v) is 19.2. The molecule has 4 fully saturated rings. The van der Waals surface area contributed by atoms with Gasteiger partial charge in [-0.1, -0.05) is 52.3 Å². The average Bonchev–Trinajstić information content (AvgIpc) is 3.47. The Morgan fingerprint density at radius 2 is 1.88 bits per heavy atom. The second kappa shape index (κ2) is 16.4. The summed E-state index contributed by atoms with van der Waals surface area (Å²) in [5, 5.41) is 19.3. The summed E-state index contributed by atoms with van der Waals surface area (Å²) in [6.07, 6.45) is 2.70. The first-order chi connectivity index (χ1) is 24.6. The summed E-state index contributed by atoms with van der Waals surface area (Å²) >= 11 is 0. The second-order valence-corrected chi connectivity index (χ2v) is 16.7. The van der Waals surface area contributed by atoms with Crippen molar-refractivity contribution in [3.8, 4) is 16.9 Å². The standard InChI is InChI=1S/C41H64N6O5/c1-11-13-30(23-45(6)7)43-39(49)28-16-27(17-31(18-28)46(8)9)32-15-12-14-26(38(32)51-10)22-47-37(36(25(3)48)35(21-42)52-47)40(50)44-34-20-29-19-33(24(34)2)41(29,4)5/h12,14-18,24-25,29-30,33-37,48H,11,13,19-23,42H2,1-10H3,(H,43,49)(H,44,50)/t24-,25-,29+,30+,33-,34-,35-,36+,37-/m0/s1. The van der Waals surface area contributed by atoms with Gasteiger partial charge in [-0.25, -0.2) is 0 Å². The number of benzene rings is 2. The van der Waals surface area contributed by atoms with Gasteiger partial charge in [0.2, 0.25) is 5.91 Å². The van der Waals surface area contributed by atoms with Crippen molar-refractivity contribution in [3.05, 3.63) is 47.5 Å². The minimum Gasteiger partial charge on any atom is -0.496 e. The first-order valence-electron chi connectivity index (χ1n) is 19.2. The molecule has 2 bridgehead atoms. The van der Waals surface area contributed by atoms with Gasteiger partial charge in [0.25, 0.3) is 5.91 Å². The Bertz CT molecular complexity index is 1560. The summed E-state index contributed by atoms with van der Waals surface area (Å²) in [4.78, 5) is 38.5. The number of likely N-dealkylation sites (N-methyl/N-ethyl adjacent to an activating group) is 1. The molecule has 2 aromatic carbocycles. The Balaban J connectivity index is 1.45. The number of carbonyl (C=O) groups is 2. The molecule has 0 spiro atoms. The molecule has 2 aromatic rings. The third-order valence-corrected chi connectivity index (χ3v) is 12.3. The number of methoxy groups -OCH3 is 1. The maximum Gasteiger partial charge on any atom is 0.251 e. The highest BCUT2D eigenvalue weighted by Gasteiger charge is 2.57. The van der Waals surface area contributed by atoms with Crippen LogP contribution in [0.2, 0.25) is 0 Å². The van der Waals surface area contributed by atoms with E-state index >= 15 is 0 Å². The van der Waals surface area contributed by atoms with Gasteiger partial charge in [0.05, 0.1) is 25.9 Å². The van der Waals surface area contributed by atoms with E-state index in [4.69, 9.17) is 15.3 Å². The zero-order chi connectivity index (χ0) is 38.1. The van der Waals surface area contributed by atoms with Crippen molar-refractivity contribution in [2.45, 2.75) is 97.2 Å². The molecule has 4 aliphatic rings. The maximum absolute atomic E-state index is 14.3. The topological polar surface area (TPSA) is 133 Å². The van der Waals surface area contributed by atoms with Gasteiger partial charge in [-0.2, -0.15) is 5.06 Å². The molecule has 1 aliphatic heterocycles. The number of hydrogen-bond acceptors (Lipinski definition) is 9. The summed E-state index contributed by atoms with van der Waals surface area (Å²) in [5.41, 5.74) is 10.4. The van der Waals surface area contributed by atoms with Gasteiger partial charge in [0.15, 0.2) is 0 Å². The monoisotopic (exact) mass is 720 g/mol. The highest BCUT2D eigenvalue weighted by Crippen LogP contribution is 2.61. The Kier molecular flexibility index (Phi) is 12.6. The molecule has 6 rings (SSSR count). The van der Waals surface area contributed by atoms with E-state index in [0.29, 0.717) is 34.5 Å². The molecule has 0 unspecified atom stereocenters. The molecule has 52 heavy (non-hydrogen) atoms. The number of aliphatic hydroxyl groups is 1. The van der Waals surface area contributed by atoms with E-state index in [1.54, 1.807) is 19.1 Å². The zero-order valence-electron chi connectivity index (χ0n) is 33.1. The Morgan fingerprint density at radius 3 is 2.46 bits per heavy atom. The predicted octanol–water partition coefficient (Wildman–Crippen LogP) is 4.52. The van der Waals surface area contributed by atoms with Crippen molar-refractivity contribution in [1.29, 1.82) is 0 Å². The van der Waals surface area contributed by atoms with Gasteiger partial charge in [-0.05, 0) is 87.2 Å². The van der Waals surface area contributed by atoms with E-state index in [9.17, 15) is 14.7 Å². The third kappa shape index (κ3) is 8.14. The average molecular weight is 721 g/mol. The number of nitrogens with one attached hydrogen (secondary N) is 2. The second-order valence-electron chi connectivity index (χ2n) is 16.7. The summed E-state index contributed by atoms with van der Waals surface area (Å²) in [6.45, 7) is 12.0. The summed E-state index contributed by atoms with van der Waals surface area (Å²) < 4.78 is 6.10. The Labute approximate surface area is 311 Å². The molecule has 288 valence electrons. The van der Waals surface area contributed by atoms with Crippen LogP contribution in [-0.2, 0) is 16.2 Å². The number of ether oxygens (including phenoxy) is 1. The normalized spacial score (nSPS) is 27.8. The van der Waals surface area contributed by atoms with Crippen molar-refractivity contribution in [3.63, 3.8) is 0 Å². The number of aliphatic hydroxyl groups excluding tert-OH is 1. The van der Waals surface area contributed by atoms with Crippen LogP contribution in [0.25, 0.3) is 11.1 Å². The van der Waals surface area contributed by atoms with Crippen LogP contribution in [0.4, 0.5) is 5.69 Å². The fraction of sp³-hybridized carbons (Fsp3) is 0.659. The fourth-order valence-corrected chi connectivity index (χ4v) is 9.30. The van der Waals surface area contributed by atoms with Crippen molar-refractivity contribution in [2.24, 2.45) is 34.8 Å². The Morgan fingerprint density at radius 1 is 1.15 bits per heavy atom. The quantitative estimate of drug-likeness (QED) is 0.210. The molecule has 11 heteroatoms. The van der Waals surface area contributed by atoms with Crippen molar-refractivity contribution < 1.29 is 24.3 Å². The zero-order valence-corrected chi connectivity index (χ0v) is 33.1. The Hall–Kier alpha value is -3.22. The lowest BCUT2D eigenvalue weighted by Crippen LogP contribution is -2.62. The van der Waals surface area contributed by atoms with Gasteiger partial charge in [0.1, 0.15) is 11.8 Å². The molecular formula is C41H64N6O5. The molecule has 1 saturated heterocycles. The molecule has 0 radical (unpaired) electrons. The largest absolute Gasteiger partial charge is 0.496 e. The minimum atomic E-state index is -0.813. The summed E-state index contributed by atoms with van der Waals surface area (Å²) in [7, 11) is 9.58. The lowest BCUT2D eigenvalue weighted by atomic mass is 9.45. The van der Waals surface area contributed by atoms with Gasteiger partial charge < -0.3 is 36.0 Å². The highest BCUT2D eigenvalue weighted by atomic mass is 16.7. The van der Waals surface area contributed by atoms with Crippen LogP contribution in [-0.4, -0.2) is 106 Å². The van der Waals surface area contributed by atoms with E-state index in [1.807, 2.05) is 63.4 Å². The first kappa shape index (κ1) is 40.0. The SMILES string of the molecule is CCC[C@H](CN(C)C)NC(=O)c1cc(-c2cccc(CN3O[C@@H](CN)[C@@H]([C@H](C)O)[C@H]3C(=O)N[C@H]3C[C@H]4C[C@@H]([C@@H]3C)C4(C)C)c2OC)cc(N(C)C)c1. The van der Waals surface area contributed by atoms with Gasteiger partial charge >= 0.3 is 0 Å². The number of amides is 2. The number of rotatable bonds is 15. The summed E-state index contributed by atoms with van der Waals surface area (Å²) in [5.74, 6) is 1.39. The molecule has 3 saturated carbocycles. The molecule has 2 amide bonds. The fourth-order valence-electron chi connectivity index (χ4n) is 9.30. The lowest BCUT2D eigenvalue weighted by Gasteiger charge is -2.62. The van der Waals surface area contributed by atoms with Crippen LogP contribution in [0.1, 0.15) is 76.2 Å². The van der Waals surface area contributed by atoms with Gasteiger partial charge in [-0.15, -0.1) is 0 Å². The van der Waals surface area contributed by atoms with Crippen LogP contribution in [0, 0.1) is 29.1 Å². The molecule has 1 heterocycles. The molecule has 0 aromatic heterocycles. The van der Waals surface area contributed by atoms with E-state index in [2.05, 4.69) is 49.3 Å². The van der Waals surface area contributed by atoms with Crippen LogP contribution in [0.3, 0.4) is 0 Å². The van der Waals surface area contributed by atoms with Crippen LogP contribution in [0.5, 0.6) is 5.75 Å². The number of hydroxylamine groups is 2. The van der Waals surface area contributed by atoms with Crippen LogP contribution < -0.4 is 26.0 Å². The summed E-state index contributed by atoms with van der Waals surface area (Å²) in [6, 6.07) is 11.1.